The van der Waals surface area contributed by atoms with Gasteiger partial charge in [-0.05, 0) is 30.7 Å². The summed E-state index contributed by atoms with van der Waals surface area (Å²) in [6, 6.07) is 8.41. The standard InChI is InChI=1S/C19H18F2N4O2/c1-2-13-9-18(26)25-19(24-13)12-3-6-17(23-11-12)22-7-8-27-14-4-5-15(20)16(21)10-14/h3-6,9-11H,2,7-8H2,1H3,(H,22,23)(H,24,25,26). The van der Waals surface area contributed by atoms with E-state index in [4.69, 9.17) is 4.74 Å². The molecule has 0 spiro atoms. The van der Waals surface area contributed by atoms with Crippen molar-refractivity contribution < 1.29 is 13.5 Å². The molecular weight excluding hydrogens is 354 g/mol. The Bertz CT molecular complexity index is 974. The van der Waals surface area contributed by atoms with Crippen LogP contribution in [0.3, 0.4) is 0 Å². The van der Waals surface area contributed by atoms with Crippen molar-refractivity contribution in [2.45, 2.75) is 13.3 Å². The number of hydrogen-bond donors (Lipinski definition) is 2. The van der Waals surface area contributed by atoms with Gasteiger partial charge in [0, 0.05) is 29.6 Å². The van der Waals surface area contributed by atoms with E-state index < -0.39 is 11.6 Å². The van der Waals surface area contributed by atoms with Gasteiger partial charge in [0.05, 0.1) is 6.54 Å². The van der Waals surface area contributed by atoms with E-state index in [-0.39, 0.29) is 17.9 Å². The van der Waals surface area contributed by atoms with Crippen molar-refractivity contribution in [3.8, 4) is 17.1 Å². The second-order valence-electron chi connectivity index (χ2n) is 5.72. The molecule has 0 radical (unpaired) electrons. The molecule has 0 saturated heterocycles. The van der Waals surface area contributed by atoms with Gasteiger partial charge in [-0.2, -0.15) is 0 Å². The molecule has 0 bridgehead atoms. The van der Waals surface area contributed by atoms with Gasteiger partial charge in [-0.25, -0.2) is 18.7 Å². The quantitative estimate of drug-likeness (QED) is 0.623. The summed E-state index contributed by atoms with van der Waals surface area (Å²) in [6.07, 6.45) is 2.28. The molecule has 3 rings (SSSR count). The van der Waals surface area contributed by atoms with Crippen LogP contribution in [-0.4, -0.2) is 28.1 Å². The van der Waals surface area contributed by atoms with Gasteiger partial charge in [0.2, 0.25) is 0 Å². The Kier molecular flexibility index (Phi) is 5.75. The fourth-order valence-corrected chi connectivity index (χ4v) is 2.38. The molecule has 6 nitrogen and oxygen atoms in total. The maximum Gasteiger partial charge on any atom is 0.251 e. The highest BCUT2D eigenvalue weighted by molar-refractivity contribution is 5.55. The number of hydrogen-bond acceptors (Lipinski definition) is 5. The third-order valence-electron chi connectivity index (χ3n) is 3.76. The number of aromatic amines is 1. The molecule has 0 aliphatic heterocycles. The van der Waals surface area contributed by atoms with Gasteiger partial charge in [-0.3, -0.25) is 4.79 Å². The monoisotopic (exact) mass is 372 g/mol. The van der Waals surface area contributed by atoms with Crippen LogP contribution in [-0.2, 0) is 6.42 Å². The van der Waals surface area contributed by atoms with Crippen LogP contribution in [0.1, 0.15) is 12.6 Å². The third-order valence-corrected chi connectivity index (χ3v) is 3.76. The molecule has 3 aromatic rings. The van der Waals surface area contributed by atoms with Gasteiger partial charge in [-0.15, -0.1) is 0 Å². The normalized spacial score (nSPS) is 10.6. The van der Waals surface area contributed by atoms with Crippen molar-refractivity contribution in [2.24, 2.45) is 0 Å². The molecule has 1 aromatic carbocycles. The Hall–Kier alpha value is -3.29. The highest BCUT2D eigenvalue weighted by Gasteiger charge is 2.05. The fraction of sp³-hybridized carbons (Fsp3) is 0.211. The summed E-state index contributed by atoms with van der Waals surface area (Å²) in [7, 11) is 0. The van der Waals surface area contributed by atoms with E-state index in [2.05, 4.69) is 20.3 Å². The fourth-order valence-electron chi connectivity index (χ4n) is 2.38. The first-order valence-corrected chi connectivity index (χ1v) is 8.43. The zero-order valence-corrected chi connectivity index (χ0v) is 14.6. The van der Waals surface area contributed by atoms with Crippen LogP contribution in [0.25, 0.3) is 11.4 Å². The Morgan fingerprint density at radius 2 is 2.00 bits per heavy atom. The zero-order valence-electron chi connectivity index (χ0n) is 14.6. The largest absolute Gasteiger partial charge is 0.492 e. The lowest BCUT2D eigenvalue weighted by atomic mass is 10.2. The summed E-state index contributed by atoms with van der Waals surface area (Å²) in [5.41, 5.74) is 1.21. The summed E-state index contributed by atoms with van der Waals surface area (Å²) < 4.78 is 31.3. The molecule has 27 heavy (non-hydrogen) atoms. The second kappa shape index (κ2) is 8.39. The van der Waals surface area contributed by atoms with Crippen LogP contribution in [0, 0.1) is 11.6 Å². The summed E-state index contributed by atoms with van der Waals surface area (Å²) in [4.78, 5) is 23.0. The molecule has 0 amide bonds. The average Bonchev–Trinajstić information content (AvgIpc) is 2.68. The van der Waals surface area contributed by atoms with Gasteiger partial charge in [-0.1, -0.05) is 6.92 Å². The van der Waals surface area contributed by atoms with Crippen LogP contribution in [0.5, 0.6) is 5.75 Å². The van der Waals surface area contributed by atoms with Gasteiger partial charge >= 0.3 is 0 Å². The maximum atomic E-state index is 13.1. The Morgan fingerprint density at radius 3 is 2.70 bits per heavy atom. The van der Waals surface area contributed by atoms with E-state index in [1.807, 2.05) is 6.92 Å². The lowest BCUT2D eigenvalue weighted by Crippen LogP contribution is -2.13. The zero-order chi connectivity index (χ0) is 19.2. The molecule has 8 heteroatoms. The number of pyridine rings is 1. The minimum atomic E-state index is -0.948. The molecule has 2 aromatic heterocycles. The van der Waals surface area contributed by atoms with Crippen molar-refractivity contribution in [3.05, 3.63) is 70.3 Å². The lowest BCUT2D eigenvalue weighted by Gasteiger charge is -2.09. The summed E-state index contributed by atoms with van der Waals surface area (Å²) in [5.74, 6) is -0.520. The van der Waals surface area contributed by atoms with E-state index >= 15 is 0 Å². The van der Waals surface area contributed by atoms with Gasteiger partial charge in [0.1, 0.15) is 24.0 Å². The van der Waals surface area contributed by atoms with Crippen molar-refractivity contribution in [2.75, 3.05) is 18.5 Å². The lowest BCUT2D eigenvalue weighted by molar-refractivity contribution is 0.329. The molecular formula is C19H18F2N4O2. The number of nitrogens with one attached hydrogen (secondary N) is 2. The molecule has 2 N–H and O–H groups in total. The Morgan fingerprint density at radius 1 is 1.15 bits per heavy atom. The number of H-pyrrole nitrogens is 1. The molecule has 140 valence electrons. The van der Waals surface area contributed by atoms with Crippen molar-refractivity contribution in [1.29, 1.82) is 0 Å². The van der Waals surface area contributed by atoms with Crippen molar-refractivity contribution >= 4 is 5.82 Å². The summed E-state index contributed by atoms with van der Waals surface area (Å²) in [5, 5.41) is 3.06. The summed E-state index contributed by atoms with van der Waals surface area (Å²) >= 11 is 0. The number of halogens is 2. The van der Waals surface area contributed by atoms with Gasteiger partial charge < -0.3 is 15.0 Å². The number of rotatable bonds is 7. The number of ether oxygens (including phenoxy) is 1. The minimum Gasteiger partial charge on any atom is -0.492 e. The molecule has 0 atom stereocenters. The first kappa shape index (κ1) is 18.5. The van der Waals surface area contributed by atoms with Crippen LogP contribution >= 0.6 is 0 Å². The number of anilines is 1. The molecule has 0 fully saturated rings. The van der Waals surface area contributed by atoms with Crippen LogP contribution < -0.4 is 15.6 Å². The molecule has 0 unspecified atom stereocenters. The van der Waals surface area contributed by atoms with Crippen LogP contribution in [0.15, 0.2) is 47.4 Å². The van der Waals surface area contributed by atoms with E-state index in [9.17, 15) is 13.6 Å². The first-order valence-electron chi connectivity index (χ1n) is 8.43. The molecule has 2 heterocycles. The second-order valence-corrected chi connectivity index (χ2v) is 5.72. The molecule has 0 aliphatic carbocycles. The number of aromatic nitrogens is 3. The molecule has 0 saturated carbocycles. The smallest absolute Gasteiger partial charge is 0.251 e. The topological polar surface area (TPSA) is 79.9 Å². The van der Waals surface area contributed by atoms with E-state index in [1.54, 1.807) is 18.3 Å². The first-order chi connectivity index (χ1) is 13.0. The Labute approximate surface area is 154 Å². The third kappa shape index (κ3) is 4.87. The van der Waals surface area contributed by atoms with Gasteiger partial charge in [0.15, 0.2) is 11.6 Å². The van der Waals surface area contributed by atoms with Crippen LogP contribution in [0.2, 0.25) is 0 Å². The predicted octanol–water partition coefficient (Wildman–Crippen LogP) is 3.16. The van der Waals surface area contributed by atoms with Crippen molar-refractivity contribution in [1.82, 2.24) is 15.0 Å². The van der Waals surface area contributed by atoms with Gasteiger partial charge in [0.25, 0.3) is 5.56 Å². The molecule has 0 aliphatic rings. The summed E-state index contributed by atoms with van der Waals surface area (Å²) in [6.45, 7) is 2.60. The van der Waals surface area contributed by atoms with E-state index in [0.29, 0.717) is 35.9 Å². The van der Waals surface area contributed by atoms with Crippen LogP contribution in [0.4, 0.5) is 14.6 Å². The number of aryl methyl sites for hydroxylation is 1. The number of nitrogens with zero attached hydrogens (tertiary/aromatic N) is 2. The van der Waals surface area contributed by atoms with Crippen molar-refractivity contribution in [3.63, 3.8) is 0 Å². The average molecular weight is 372 g/mol. The SMILES string of the molecule is CCc1cc(=O)[nH]c(-c2ccc(NCCOc3ccc(F)c(F)c3)nc2)n1. The Balaban J connectivity index is 1.55. The van der Waals surface area contributed by atoms with E-state index in [1.165, 1.54) is 12.1 Å². The highest BCUT2D eigenvalue weighted by atomic mass is 19.2. The van der Waals surface area contributed by atoms with E-state index in [0.717, 1.165) is 12.1 Å². The minimum absolute atomic E-state index is 0.201. The maximum absolute atomic E-state index is 13.1. The predicted molar refractivity (Wildman–Crippen MR) is 97.8 cm³/mol. The number of benzene rings is 1. The highest BCUT2D eigenvalue weighted by Crippen LogP contribution is 2.16.